The Bertz CT molecular complexity index is 427. The van der Waals surface area contributed by atoms with Gasteiger partial charge in [-0.1, -0.05) is 0 Å². The molecule has 1 saturated carbocycles. The third-order valence-corrected chi connectivity index (χ3v) is 3.01. The van der Waals surface area contributed by atoms with Crippen LogP contribution in [-0.2, 0) is 0 Å². The van der Waals surface area contributed by atoms with Gasteiger partial charge in [0.25, 0.3) is 0 Å². The van der Waals surface area contributed by atoms with E-state index < -0.39 is 0 Å². The van der Waals surface area contributed by atoms with Crippen molar-refractivity contribution in [1.82, 2.24) is 5.32 Å². The topological polar surface area (TPSA) is 38.3 Å². The zero-order chi connectivity index (χ0) is 13.9. The third kappa shape index (κ3) is 5.03. The van der Waals surface area contributed by atoms with Gasteiger partial charge in [0, 0.05) is 24.1 Å². The van der Waals surface area contributed by atoms with E-state index in [9.17, 15) is 4.79 Å². The van der Waals surface area contributed by atoms with E-state index in [1.165, 1.54) is 0 Å². The molecule has 0 atom stereocenters. The summed E-state index contributed by atoms with van der Waals surface area (Å²) in [4.78, 5) is 12.0. The first-order valence-corrected chi connectivity index (χ1v) is 6.99. The van der Waals surface area contributed by atoms with Gasteiger partial charge in [-0.2, -0.15) is 0 Å². The van der Waals surface area contributed by atoms with Gasteiger partial charge in [-0.15, -0.1) is 0 Å². The molecule has 1 aromatic carbocycles. The Morgan fingerprint density at radius 1 is 1.26 bits per heavy atom. The highest BCUT2D eigenvalue weighted by Crippen LogP contribution is 2.26. The normalized spacial score (nSPS) is 15.3. The molecule has 0 bridgehead atoms. The molecule has 104 valence electrons. The molecule has 0 spiro atoms. The number of rotatable bonds is 6. The predicted octanol–water partition coefficient (Wildman–Crippen LogP) is 3.19. The summed E-state index contributed by atoms with van der Waals surface area (Å²) in [5, 5.41) is 3.32. The van der Waals surface area contributed by atoms with Crippen LogP contribution in [0.3, 0.4) is 0 Å². The maximum absolute atomic E-state index is 12.0. The molecule has 1 aliphatic carbocycles. The minimum atomic E-state index is 0.0578. The second-order valence-electron chi connectivity index (χ2n) is 6.19. The van der Waals surface area contributed by atoms with Gasteiger partial charge in [0.15, 0.2) is 5.78 Å². The second kappa shape index (κ2) is 5.74. The van der Waals surface area contributed by atoms with Crippen molar-refractivity contribution in [3.63, 3.8) is 0 Å². The summed E-state index contributed by atoms with van der Waals surface area (Å²) in [6, 6.07) is 7.50. The number of ketones is 1. The van der Waals surface area contributed by atoms with E-state index in [1.807, 2.05) is 24.3 Å². The molecule has 0 radical (unpaired) electrons. The first-order chi connectivity index (χ1) is 8.94. The zero-order valence-electron chi connectivity index (χ0n) is 12.0. The molecular formula is C16H23NO2. The molecule has 1 N–H and O–H groups in total. The summed E-state index contributed by atoms with van der Waals surface area (Å²) in [6.07, 6.45) is 3.23. The Kier molecular flexibility index (Phi) is 4.25. The fraction of sp³-hybridized carbons (Fsp3) is 0.562. The largest absolute Gasteiger partial charge is 0.490 e. The van der Waals surface area contributed by atoms with E-state index >= 15 is 0 Å². The molecule has 1 aliphatic rings. The van der Waals surface area contributed by atoms with Crippen LogP contribution in [0.2, 0.25) is 0 Å². The average Bonchev–Trinajstić information content (AvgIpc) is 3.12. The second-order valence-corrected chi connectivity index (χ2v) is 6.19. The quantitative estimate of drug-likeness (QED) is 0.799. The summed E-state index contributed by atoms with van der Waals surface area (Å²) in [5.41, 5.74) is 0.821. The van der Waals surface area contributed by atoms with Crippen molar-refractivity contribution < 1.29 is 9.53 Å². The first-order valence-electron chi connectivity index (χ1n) is 6.99. The first kappa shape index (κ1) is 14.1. The average molecular weight is 261 g/mol. The Morgan fingerprint density at radius 3 is 2.42 bits per heavy atom. The summed E-state index contributed by atoms with van der Waals surface area (Å²) in [5.74, 6) is 1.04. The van der Waals surface area contributed by atoms with Gasteiger partial charge in [-0.3, -0.25) is 4.79 Å². The van der Waals surface area contributed by atoms with E-state index in [2.05, 4.69) is 26.1 Å². The lowest BCUT2D eigenvalue weighted by atomic mass is 10.1. The molecule has 0 aliphatic heterocycles. The van der Waals surface area contributed by atoms with Crippen molar-refractivity contribution in [2.75, 3.05) is 6.54 Å². The zero-order valence-corrected chi connectivity index (χ0v) is 12.0. The van der Waals surface area contributed by atoms with E-state index in [1.54, 1.807) is 0 Å². The predicted molar refractivity (Wildman–Crippen MR) is 76.8 cm³/mol. The van der Waals surface area contributed by atoms with Gasteiger partial charge in [0.05, 0.1) is 6.10 Å². The van der Waals surface area contributed by atoms with Crippen molar-refractivity contribution in [3.8, 4) is 5.75 Å². The Hall–Kier alpha value is -1.35. The van der Waals surface area contributed by atoms with Gasteiger partial charge < -0.3 is 10.1 Å². The molecule has 2 rings (SSSR count). The molecule has 0 aromatic heterocycles. The molecule has 1 fully saturated rings. The molecule has 0 saturated heterocycles. The summed E-state index contributed by atoms with van der Waals surface area (Å²) < 4.78 is 5.66. The fourth-order valence-corrected chi connectivity index (χ4v) is 1.79. The molecule has 0 unspecified atom stereocenters. The number of benzene rings is 1. The maximum Gasteiger partial charge on any atom is 0.164 e. The Labute approximate surface area is 115 Å². The lowest BCUT2D eigenvalue weighted by Gasteiger charge is -2.20. The van der Waals surface area contributed by atoms with Crippen molar-refractivity contribution in [3.05, 3.63) is 29.8 Å². The molecule has 19 heavy (non-hydrogen) atoms. The van der Waals surface area contributed by atoms with Crippen molar-refractivity contribution in [2.24, 2.45) is 0 Å². The van der Waals surface area contributed by atoms with Crippen LogP contribution in [0.1, 0.15) is 50.4 Å². The SMILES string of the molecule is CC(C)(C)NCCC(=O)c1ccc(OC2CC2)cc1. The minimum absolute atomic E-state index is 0.0578. The molecule has 0 amide bonds. The van der Waals surface area contributed by atoms with Crippen LogP contribution in [0.15, 0.2) is 24.3 Å². The van der Waals surface area contributed by atoms with Crippen LogP contribution in [0.25, 0.3) is 0 Å². The van der Waals surface area contributed by atoms with Gasteiger partial charge in [0.1, 0.15) is 5.75 Å². The van der Waals surface area contributed by atoms with Crippen molar-refractivity contribution in [2.45, 2.75) is 51.7 Å². The molecular weight excluding hydrogens is 238 g/mol. The van der Waals surface area contributed by atoms with Gasteiger partial charge in [-0.25, -0.2) is 0 Å². The smallest absolute Gasteiger partial charge is 0.164 e. The summed E-state index contributed by atoms with van der Waals surface area (Å²) in [6.45, 7) is 7.01. The Morgan fingerprint density at radius 2 is 1.89 bits per heavy atom. The molecule has 3 heteroatoms. The number of carbonyl (C=O) groups excluding carboxylic acids is 1. The lowest BCUT2D eigenvalue weighted by Crippen LogP contribution is -2.37. The van der Waals surface area contributed by atoms with Crippen LogP contribution in [0.4, 0.5) is 0 Å². The standard InChI is InChI=1S/C16H23NO2/c1-16(2,3)17-11-10-15(18)12-4-6-13(7-5-12)19-14-8-9-14/h4-7,14,17H,8-11H2,1-3H3. The number of ether oxygens (including phenoxy) is 1. The highest BCUT2D eigenvalue weighted by Gasteiger charge is 2.23. The number of Topliss-reactive ketones (excluding diaryl/α,β-unsaturated/α-hetero) is 1. The highest BCUT2D eigenvalue weighted by atomic mass is 16.5. The van der Waals surface area contributed by atoms with Gasteiger partial charge >= 0.3 is 0 Å². The minimum Gasteiger partial charge on any atom is -0.490 e. The number of carbonyl (C=O) groups is 1. The molecule has 1 aromatic rings. The van der Waals surface area contributed by atoms with Crippen molar-refractivity contribution >= 4 is 5.78 Å². The molecule has 0 heterocycles. The van der Waals surface area contributed by atoms with Crippen LogP contribution in [-0.4, -0.2) is 24.0 Å². The number of hydrogen-bond donors (Lipinski definition) is 1. The number of nitrogens with one attached hydrogen (secondary N) is 1. The molecule has 3 nitrogen and oxygen atoms in total. The fourth-order valence-electron chi connectivity index (χ4n) is 1.79. The van der Waals surface area contributed by atoms with E-state index in [0.29, 0.717) is 19.1 Å². The van der Waals surface area contributed by atoms with E-state index in [4.69, 9.17) is 4.74 Å². The third-order valence-electron chi connectivity index (χ3n) is 3.01. The van der Waals surface area contributed by atoms with Crippen LogP contribution < -0.4 is 10.1 Å². The lowest BCUT2D eigenvalue weighted by molar-refractivity contribution is 0.0980. The van der Waals surface area contributed by atoms with Crippen LogP contribution in [0.5, 0.6) is 5.75 Å². The number of hydrogen-bond acceptors (Lipinski definition) is 3. The van der Waals surface area contributed by atoms with Crippen molar-refractivity contribution in [1.29, 1.82) is 0 Å². The van der Waals surface area contributed by atoms with E-state index in [-0.39, 0.29) is 11.3 Å². The van der Waals surface area contributed by atoms with E-state index in [0.717, 1.165) is 24.2 Å². The summed E-state index contributed by atoms with van der Waals surface area (Å²) >= 11 is 0. The summed E-state index contributed by atoms with van der Waals surface area (Å²) in [7, 11) is 0. The maximum atomic E-state index is 12.0. The monoisotopic (exact) mass is 261 g/mol. The van der Waals surface area contributed by atoms with Crippen LogP contribution >= 0.6 is 0 Å². The van der Waals surface area contributed by atoms with Gasteiger partial charge in [-0.05, 0) is 57.9 Å². The highest BCUT2D eigenvalue weighted by molar-refractivity contribution is 5.96. The van der Waals surface area contributed by atoms with Crippen LogP contribution in [0, 0.1) is 0 Å². The van der Waals surface area contributed by atoms with Gasteiger partial charge in [0.2, 0.25) is 0 Å². The Balaban J connectivity index is 1.81.